The van der Waals surface area contributed by atoms with E-state index in [9.17, 15) is 4.79 Å². The first-order chi connectivity index (χ1) is 7.65. The fourth-order valence-corrected chi connectivity index (χ4v) is 2.37. The number of nitrogens with one attached hydrogen (secondary N) is 1. The van der Waals surface area contributed by atoms with Gasteiger partial charge in [-0.2, -0.15) is 0 Å². The Morgan fingerprint density at radius 2 is 2.38 bits per heavy atom. The molecule has 1 N–H and O–H groups in total. The quantitative estimate of drug-likeness (QED) is 0.802. The molecule has 0 saturated heterocycles. The van der Waals surface area contributed by atoms with Gasteiger partial charge in [0.2, 0.25) is 5.95 Å². The van der Waals surface area contributed by atoms with Crippen molar-refractivity contribution in [3.63, 3.8) is 0 Å². The first kappa shape index (κ1) is 9.84. The van der Waals surface area contributed by atoms with Crippen molar-refractivity contribution in [1.29, 1.82) is 0 Å². The van der Waals surface area contributed by atoms with Crippen LogP contribution >= 0.6 is 15.9 Å². The lowest BCUT2D eigenvalue weighted by Crippen LogP contribution is -2.20. The van der Waals surface area contributed by atoms with E-state index in [0.29, 0.717) is 17.9 Å². The SMILES string of the molecule is CC1Cn2c(nc3ccc(Br)cc3c2=O)N1. The Morgan fingerprint density at radius 3 is 3.19 bits per heavy atom. The lowest BCUT2D eigenvalue weighted by atomic mass is 10.2. The van der Waals surface area contributed by atoms with E-state index in [0.717, 1.165) is 9.99 Å². The zero-order chi connectivity index (χ0) is 11.3. The van der Waals surface area contributed by atoms with Crippen LogP contribution in [0.4, 0.5) is 5.95 Å². The molecule has 82 valence electrons. The Balaban J connectivity index is 2.39. The molecule has 1 aromatic heterocycles. The van der Waals surface area contributed by atoms with Gasteiger partial charge in [-0.3, -0.25) is 9.36 Å². The molecule has 4 nitrogen and oxygen atoms in total. The molecule has 2 heterocycles. The van der Waals surface area contributed by atoms with Crippen molar-refractivity contribution in [2.45, 2.75) is 19.5 Å². The molecule has 0 spiro atoms. The Bertz CT molecular complexity index is 635. The summed E-state index contributed by atoms with van der Waals surface area (Å²) in [6.07, 6.45) is 0. The molecule has 0 aliphatic carbocycles. The zero-order valence-corrected chi connectivity index (χ0v) is 10.3. The maximum Gasteiger partial charge on any atom is 0.262 e. The molecule has 0 amide bonds. The molecule has 0 radical (unpaired) electrons. The Labute approximate surface area is 100 Å². The van der Waals surface area contributed by atoms with Crippen LogP contribution < -0.4 is 10.9 Å². The zero-order valence-electron chi connectivity index (χ0n) is 8.70. The van der Waals surface area contributed by atoms with Gasteiger partial charge in [-0.1, -0.05) is 15.9 Å². The maximum atomic E-state index is 12.2. The van der Waals surface area contributed by atoms with Gasteiger partial charge >= 0.3 is 0 Å². The summed E-state index contributed by atoms with van der Waals surface area (Å²) in [5, 5.41) is 3.85. The minimum absolute atomic E-state index is 0.0261. The standard InChI is InChI=1S/C11H10BrN3O/c1-6-5-15-10(16)8-4-7(12)2-3-9(8)14-11(15)13-6/h2-4,6H,5H2,1H3,(H,13,14). The third kappa shape index (κ3) is 1.35. The topological polar surface area (TPSA) is 46.9 Å². The van der Waals surface area contributed by atoms with E-state index in [1.54, 1.807) is 4.57 Å². The maximum absolute atomic E-state index is 12.2. The predicted molar refractivity (Wildman–Crippen MR) is 66.8 cm³/mol. The van der Waals surface area contributed by atoms with Crippen LogP contribution in [0.25, 0.3) is 10.9 Å². The van der Waals surface area contributed by atoms with Crippen molar-refractivity contribution in [1.82, 2.24) is 9.55 Å². The summed E-state index contributed by atoms with van der Waals surface area (Å²) in [5.41, 5.74) is 0.763. The van der Waals surface area contributed by atoms with Crippen molar-refractivity contribution in [2.75, 3.05) is 5.32 Å². The Hall–Kier alpha value is -1.36. The number of rotatable bonds is 0. The normalized spacial score (nSPS) is 18.5. The van der Waals surface area contributed by atoms with Gasteiger partial charge in [0.1, 0.15) is 0 Å². The summed E-state index contributed by atoms with van der Waals surface area (Å²) in [4.78, 5) is 16.6. The number of halogens is 1. The number of fused-ring (bicyclic) bond motifs is 2. The lowest BCUT2D eigenvalue weighted by Gasteiger charge is -2.03. The molecule has 1 aromatic carbocycles. The van der Waals surface area contributed by atoms with Crippen LogP contribution in [0.15, 0.2) is 27.5 Å². The number of benzene rings is 1. The molecule has 1 atom stereocenters. The van der Waals surface area contributed by atoms with Gasteiger partial charge in [0.15, 0.2) is 0 Å². The largest absolute Gasteiger partial charge is 0.351 e. The third-order valence-corrected chi connectivity index (χ3v) is 3.24. The average Bonchev–Trinajstić information content (AvgIpc) is 2.61. The highest BCUT2D eigenvalue weighted by Crippen LogP contribution is 2.20. The van der Waals surface area contributed by atoms with Crippen LogP contribution in [-0.2, 0) is 6.54 Å². The molecule has 0 fully saturated rings. The molecule has 16 heavy (non-hydrogen) atoms. The summed E-state index contributed by atoms with van der Waals surface area (Å²) in [6, 6.07) is 5.83. The summed E-state index contributed by atoms with van der Waals surface area (Å²) in [6.45, 7) is 2.72. The minimum Gasteiger partial charge on any atom is -0.351 e. The summed E-state index contributed by atoms with van der Waals surface area (Å²) in [5.74, 6) is 0.673. The molecular formula is C11H10BrN3O. The highest BCUT2D eigenvalue weighted by atomic mass is 79.9. The first-order valence-electron chi connectivity index (χ1n) is 5.12. The molecular weight excluding hydrogens is 270 g/mol. The van der Waals surface area contributed by atoms with Gasteiger partial charge in [-0.25, -0.2) is 4.98 Å². The minimum atomic E-state index is 0.0261. The van der Waals surface area contributed by atoms with E-state index in [4.69, 9.17) is 0 Å². The third-order valence-electron chi connectivity index (χ3n) is 2.75. The number of aromatic nitrogens is 2. The second kappa shape index (κ2) is 3.31. The molecule has 3 rings (SSSR count). The molecule has 1 aliphatic rings. The first-order valence-corrected chi connectivity index (χ1v) is 5.91. The number of nitrogens with zero attached hydrogens (tertiary/aromatic N) is 2. The van der Waals surface area contributed by atoms with Gasteiger partial charge in [-0.05, 0) is 25.1 Å². The van der Waals surface area contributed by atoms with Crippen molar-refractivity contribution in [3.8, 4) is 0 Å². The monoisotopic (exact) mass is 279 g/mol. The summed E-state index contributed by atoms with van der Waals surface area (Å²) < 4.78 is 2.60. The number of hydrogen-bond acceptors (Lipinski definition) is 3. The van der Waals surface area contributed by atoms with Gasteiger partial charge in [0.05, 0.1) is 10.9 Å². The molecule has 5 heteroatoms. The van der Waals surface area contributed by atoms with Crippen LogP contribution in [0.5, 0.6) is 0 Å². The van der Waals surface area contributed by atoms with E-state index in [1.165, 1.54) is 0 Å². The second-order valence-corrected chi connectivity index (χ2v) is 4.97. The van der Waals surface area contributed by atoms with Crippen LogP contribution in [0.3, 0.4) is 0 Å². The van der Waals surface area contributed by atoms with E-state index in [1.807, 2.05) is 25.1 Å². The fourth-order valence-electron chi connectivity index (χ4n) is 2.01. The van der Waals surface area contributed by atoms with E-state index >= 15 is 0 Å². The van der Waals surface area contributed by atoms with Gasteiger partial charge in [0.25, 0.3) is 5.56 Å². The van der Waals surface area contributed by atoms with E-state index in [2.05, 4.69) is 26.2 Å². The smallest absolute Gasteiger partial charge is 0.262 e. The van der Waals surface area contributed by atoms with Crippen molar-refractivity contribution in [3.05, 3.63) is 33.0 Å². The number of anilines is 1. The highest BCUT2D eigenvalue weighted by Gasteiger charge is 2.20. The van der Waals surface area contributed by atoms with E-state index in [-0.39, 0.29) is 11.6 Å². The molecule has 1 aliphatic heterocycles. The Kier molecular flexibility index (Phi) is 2.04. The van der Waals surface area contributed by atoms with Crippen LogP contribution in [-0.4, -0.2) is 15.6 Å². The number of hydrogen-bond donors (Lipinski definition) is 1. The predicted octanol–water partition coefficient (Wildman–Crippen LogP) is 1.97. The van der Waals surface area contributed by atoms with Gasteiger partial charge in [0, 0.05) is 17.1 Å². The van der Waals surface area contributed by atoms with Crippen LogP contribution in [0.1, 0.15) is 6.92 Å². The van der Waals surface area contributed by atoms with Crippen molar-refractivity contribution in [2.24, 2.45) is 0 Å². The Morgan fingerprint density at radius 1 is 1.56 bits per heavy atom. The van der Waals surface area contributed by atoms with Gasteiger partial charge < -0.3 is 5.32 Å². The average molecular weight is 280 g/mol. The summed E-state index contributed by atoms with van der Waals surface area (Å²) >= 11 is 3.37. The van der Waals surface area contributed by atoms with E-state index < -0.39 is 0 Å². The van der Waals surface area contributed by atoms with Crippen LogP contribution in [0, 0.1) is 0 Å². The molecule has 0 bridgehead atoms. The van der Waals surface area contributed by atoms with Crippen molar-refractivity contribution < 1.29 is 0 Å². The highest BCUT2D eigenvalue weighted by molar-refractivity contribution is 9.10. The van der Waals surface area contributed by atoms with Crippen LogP contribution in [0.2, 0.25) is 0 Å². The fraction of sp³-hybridized carbons (Fsp3) is 0.273. The molecule has 2 aromatic rings. The summed E-state index contributed by atoms with van der Waals surface area (Å²) in [7, 11) is 0. The molecule has 0 saturated carbocycles. The van der Waals surface area contributed by atoms with Crippen molar-refractivity contribution >= 4 is 32.8 Å². The molecule has 1 unspecified atom stereocenters. The van der Waals surface area contributed by atoms with Gasteiger partial charge in [-0.15, -0.1) is 0 Å². The lowest BCUT2D eigenvalue weighted by molar-refractivity contribution is 0.677. The second-order valence-electron chi connectivity index (χ2n) is 4.06.